The van der Waals surface area contributed by atoms with Gasteiger partial charge in [-0.2, -0.15) is 0 Å². The second kappa shape index (κ2) is 8.17. The Morgan fingerprint density at radius 1 is 1.25 bits per heavy atom. The molecular formula is C18H15FN4O4S. The molecule has 0 aliphatic heterocycles. The van der Waals surface area contributed by atoms with Crippen molar-refractivity contribution in [3.8, 4) is 11.5 Å². The van der Waals surface area contributed by atoms with E-state index < -0.39 is 16.6 Å². The van der Waals surface area contributed by atoms with Crippen LogP contribution in [-0.2, 0) is 4.79 Å². The van der Waals surface area contributed by atoms with Crippen molar-refractivity contribution >= 4 is 29.0 Å². The number of nitrogens with zero attached hydrogens (tertiary/aromatic N) is 3. The Hall–Kier alpha value is -3.27. The van der Waals surface area contributed by atoms with E-state index >= 15 is 0 Å². The van der Waals surface area contributed by atoms with Crippen molar-refractivity contribution in [2.24, 2.45) is 0 Å². The first-order valence-electron chi connectivity index (χ1n) is 8.12. The number of rotatable bonds is 6. The summed E-state index contributed by atoms with van der Waals surface area (Å²) in [5.74, 6) is -1.06. The third-order valence-electron chi connectivity index (χ3n) is 4.01. The fraction of sp³-hybridized carbons (Fsp3) is 0.167. The average molecular weight is 402 g/mol. The standard InChI is InChI=1S/C18H15FN4O4S/c1-10-7-8-14(23(25)26)16(11(10)2)20-15(24)9-28-18-22-21-17(27-18)12-5-3-4-6-13(12)19/h3-8H,9H2,1-2H3,(H,20,24). The number of aromatic nitrogens is 2. The molecule has 1 N–H and O–H groups in total. The summed E-state index contributed by atoms with van der Waals surface area (Å²) in [7, 11) is 0. The molecule has 10 heteroatoms. The number of aryl methyl sites for hydroxylation is 1. The zero-order chi connectivity index (χ0) is 20.3. The molecule has 28 heavy (non-hydrogen) atoms. The highest BCUT2D eigenvalue weighted by Crippen LogP contribution is 2.31. The molecule has 1 aromatic heterocycles. The molecule has 0 radical (unpaired) electrons. The second-order valence-corrected chi connectivity index (χ2v) is 6.78. The number of halogens is 1. The first kappa shape index (κ1) is 19.5. The van der Waals surface area contributed by atoms with Crippen LogP contribution in [0.25, 0.3) is 11.5 Å². The lowest BCUT2D eigenvalue weighted by Gasteiger charge is -2.10. The number of hydrogen-bond donors (Lipinski definition) is 1. The summed E-state index contributed by atoms with van der Waals surface area (Å²) in [5, 5.41) is 21.4. The van der Waals surface area contributed by atoms with E-state index in [0.29, 0.717) is 5.56 Å². The molecule has 3 rings (SSSR count). The lowest BCUT2D eigenvalue weighted by molar-refractivity contribution is -0.384. The normalized spacial score (nSPS) is 10.7. The highest BCUT2D eigenvalue weighted by Gasteiger charge is 2.20. The van der Waals surface area contributed by atoms with Gasteiger partial charge in [0.15, 0.2) is 0 Å². The largest absolute Gasteiger partial charge is 0.411 e. The van der Waals surface area contributed by atoms with Gasteiger partial charge in [0.1, 0.15) is 11.5 Å². The Bertz CT molecular complexity index is 1050. The maximum Gasteiger partial charge on any atom is 0.293 e. The van der Waals surface area contributed by atoms with Crippen LogP contribution in [0, 0.1) is 29.8 Å². The summed E-state index contributed by atoms with van der Waals surface area (Å²) in [6.07, 6.45) is 0. The third-order valence-corrected chi connectivity index (χ3v) is 4.83. The second-order valence-electron chi connectivity index (χ2n) is 5.85. The van der Waals surface area contributed by atoms with Gasteiger partial charge in [0.05, 0.1) is 16.2 Å². The molecule has 0 atom stereocenters. The molecule has 2 aromatic carbocycles. The molecule has 0 spiro atoms. The van der Waals surface area contributed by atoms with Crippen LogP contribution in [0.3, 0.4) is 0 Å². The minimum atomic E-state index is -0.548. The van der Waals surface area contributed by atoms with Crippen molar-refractivity contribution in [1.29, 1.82) is 0 Å². The molecule has 0 aliphatic carbocycles. The highest BCUT2D eigenvalue weighted by atomic mass is 32.2. The van der Waals surface area contributed by atoms with Crippen LogP contribution in [0.5, 0.6) is 0 Å². The number of nitro benzene ring substituents is 1. The smallest absolute Gasteiger partial charge is 0.293 e. The third kappa shape index (κ3) is 4.17. The molecule has 3 aromatic rings. The summed E-state index contributed by atoms with van der Waals surface area (Å²) in [4.78, 5) is 22.9. The van der Waals surface area contributed by atoms with Crippen LogP contribution >= 0.6 is 11.8 Å². The topological polar surface area (TPSA) is 111 Å². The summed E-state index contributed by atoms with van der Waals surface area (Å²) in [6.45, 7) is 3.50. The summed E-state index contributed by atoms with van der Waals surface area (Å²) < 4.78 is 19.1. The van der Waals surface area contributed by atoms with Crippen LogP contribution in [-0.4, -0.2) is 26.8 Å². The zero-order valence-corrected chi connectivity index (χ0v) is 15.7. The van der Waals surface area contributed by atoms with Crippen molar-refractivity contribution < 1.29 is 18.5 Å². The fourth-order valence-electron chi connectivity index (χ4n) is 2.43. The molecule has 0 saturated heterocycles. The number of benzene rings is 2. The van der Waals surface area contributed by atoms with Gasteiger partial charge in [-0.1, -0.05) is 30.0 Å². The van der Waals surface area contributed by atoms with Gasteiger partial charge >= 0.3 is 0 Å². The Morgan fingerprint density at radius 2 is 2.00 bits per heavy atom. The molecule has 0 bridgehead atoms. The van der Waals surface area contributed by atoms with Crippen molar-refractivity contribution in [2.75, 3.05) is 11.1 Å². The van der Waals surface area contributed by atoms with Gasteiger partial charge < -0.3 is 9.73 Å². The summed E-state index contributed by atoms with van der Waals surface area (Å²) in [5.41, 5.74) is 1.58. The quantitative estimate of drug-likeness (QED) is 0.375. The molecule has 0 unspecified atom stereocenters. The summed E-state index contributed by atoms with van der Waals surface area (Å²) >= 11 is 0.949. The molecule has 0 fully saturated rings. The van der Waals surface area contributed by atoms with Crippen molar-refractivity contribution in [3.63, 3.8) is 0 Å². The Morgan fingerprint density at radius 3 is 2.71 bits per heavy atom. The van der Waals surface area contributed by atoms with Gasteiger partial charge in [-0.05, 0) is 37.1 Å². The lowest BCUT2D eigenvalue weighted by atomic mass is 10.1. The Balaban J connectivity index is 1.69. The molecule has 0 aliphatic rings. The van der Waals surface area contributed by atoms with Gasteiger partial charge in [0.2, 0.25) is 5.91 Å². The zero-order valence-electron chi connectivity index (χ0n) is 14.9. The minimum Gasteiger partial charge on any atom is -0.411 e. The van der Waals surface area contributed by atoms with Crippen LogP contribution in [0.1, 0.15) is 11.1 Å². The average Bonchev–Trinajstić information content (AvgIpc) is 3.13. The number of nitrogens with one attached hydrogen (secondary N) is 1. The van der Waals surface area contributed by atoms with Crippen molar-refractivity contribution in [2.45, 2.75) is 19.1 Å². The maximum atomic E-state index is 13.8. The first-order chi connectivity index (χ1) is 13.4. The van der Waals surface area contributed by atoms with E-state index in [4.69, 9.17) is 4.42 Å². The van der Waals surface area contributed by atoms with Crippen LogP contribution in [0.2, 0.25) is 0 Å². The van der Waals surface area contributed by atoms with Gasteiger partial charge in [0.25, 0.3) is 16.8 Å². The Kier molecular flexibility index (Phi) is 5.69. The van der Waals surface area contributed by atoms with Gasteiger partial charge in [-0.15, -0.1) is 10.2 Å². The molecule has 144 valence electrons. The van der Waals surface area contributed by atoms with Crippen molar-refractivity contribution in [3.05, 3.63) is 63.5 Å². The maximum absolute atomic E-state index is 13.8. The molecule has 0 saturated carbocycles. The number of anilines is 1. The molecule has 1 heterocycles. The van der Waals surface area contributed by atoms with E-state index in [9.17, 15) is 19.3 Å². The number of thioether (sulfide) groups is 1. The van der Waals surface area contributed by atoms with E-state index in [-0.39, 0.29) is 33.8 Å². The van der Waals surface area contributed by atoms with E-state index in [1.165, 1.54) is 18.2 Å². The number of hydrogen-bond acceptors (Lipinski definition) is 7. The molecular weight excluding hydrogens is 387 g/mol. The van der Waals surface area contributed by atoms with Crippen LogP contribution in [0.4, 0.5) is 15.8 Å². The van der Waals surface area contributed by atoms with Crippen molar-refractivity contribution in [1.82, 2.24) is 10.2 Å². The predicted octanol–water partition coefficient (Wildman–Crippen LogP) is 4.13. The molecule has 1 amide bonds. The van der Waals surface area contributed by atoms with E-state index in [2.05, 4.69) is 15.5 Å². The van der Waals surface area contributed by atoms with Crippen LogP contribution < -0.4 is 5.32 Å². The Labute approximate surface area is 163 Å². The fourth-order valence-corrected chi connectivity index (χ4v) is 2.99. The summed E-state index contributed by atoms with van der Waals surface area (Å²) in [6, 6.07) is 8.94. The first-order valence-corrected chi connectivity index (χ1v) is 9.11. The van der Waals surface area contributed by atoms with E-state index in [0.717, 1.165) is 17.3 Å². The minimum absolute atomic E-state index is 0.00572. The predicted molar refractivity (Wildman–Crippen MR) is 102 cm³/mol. The van der Waals surface area contributed by atoms with E-state index in [1.54, 1.807) is 32.0 Å². The number of nitro groups is 1. The number of carbonyl (C=O) groups is 1. The number of amides is 1. The van der Waals surface area contributed by atoms with Crippen LogP contribution in [0.15, 0.2) is 46.0 Å². The number of carbonyl (C=O) groups excluding carboxylic acids is 1. The SMILES string of the molecule is Cc1ccc([N+](=O)[O-])c(NC(=O)CSc2nnc(-c3ccccc3F)o2)c1C. The lowest BCUT2D eigenvalue weighted by Crippen LogP contribution is -2.16. The van der Waals surface area contributed by atoms with Gasteiger partial charge in [-0.25, -0.2) is 4.39 Å². The van der Waals surface area contributed by atoms with E-state index in [1.807, 2.05) is 0 Å². The van der Waals surface area contributed by atoms with Gasteiger partial charge in [0, 0.05) is 6.07 Å². The van der Waals surface area contributed by atoms with Gasteiger partial charge in [-0.3, -0.25) is 14.9 Å². The monoisotopic (exact) mass is 402 g/mol. The highest BCUT2D eigenvalue weighted by molar-refractivity contribution is 7.99. The molecule has 8 nitrogen and oxygen atoms in total.